The molecule has 2 amide bonds. The first-order chi connectivity index (χ1) is 9.67. The third-order valence-corrected chi connectivity index (χ3v) is 3.88. The van der Waals surface area contributed by atoms with Crippen molar-refractivity contribution in [2.45, 2.75) is 32.2 Å². The third-order valence-electron chi connectivity index (χ3n) is 3.88. The van der Waals surface area contributed by atoms with E-state index in [-0.39, 0.29) is 17.9 Å². The van der Waals surface area contributed by atoms with Gasteiger partial charge in [-0.15, -0.1) is 5.10 Å². The van der Waals surface area contributed by atoms with Crippen molar-refractivity contribution in [2.24, 2.45) is 5.92 Å². The highest BCUT2D eigenvalue weighted by molar-refractivity contribution is 5.91. The highest BCUT2D eigenvalue weighted by Gasteiger charge is 2.32. The summed E-state index contributed by atoms with van der Waals surface area (Å²) in [5.41, 5.74) is 0.353. The SMILES string of the molecule is CCC(=O)N1CC(n2cc(C(=O)NCC3CC3)nn2)C1. The number of aromatic nitrogens is 3. The van der Waals surface area contributed by atoms with Crippen LogP contribution in [0.15, 0.2) is 6.20 Å². The topological polar surface area (TPSA) is 80.1 Å². The second-order valence-electron chi connectivity index (χ2n) is 5.54. The summed E-state index contributed by atoms with van der Waals surface area (Å²) in [5, 5.41) is 10.8. The van der Waals surface area contributed by atoms with Crippen molar-refractivity contribution in [3.63, 3.8) is 0 Å². The second-order valence-corrected chi connectivity index (χ2v) is 5.54. The van der Waals surface area contributed by atoms with E-state index in [0.717, 1.165) is 6.54 Å². The van der Waals surface area contributed by atoms with Gasteiger partial charge in [0.25, 0.3) is 5.91 Å². The third kappa shape index (κ3) is 2.66. The number of carbonyl (C=O) groups is 2. The molecule has 0 bridgehead atoms. The van der Waals surface area contributed by atoms with Crippen LogP contribution in [0, 0.1) is 5.92 Å². The summed E-state index contributed by atoms with van der Waals surface area (Å²) in [4.78, 5) is 25.1. The Hall–Kier alpha value is -1.92. The average molecular weight is 277 g/mol. The molecule has 1 aliphatic heterocycles. The molecule has 20 heavy (non-hydrogen) atoms. The lowest BCUT2D eigenvalue weighted by molar-refractivity contribution is -0.136. The van der Waals surface area contributed by atoms with Crippen LogP contribution in [0.2, 0.25) is 0 Å². The molecule has 2 aliphatic rings. The van der Waals surface area contributed by atoms with Gasteiger partial charge in [-0.05, 0) is 18.8 Å². The molecule has 2 heterocycles. The Morgan fingerprint density at radius 2 is 2.15 bits per heavy atom. The van der Waals surface area contributed by atoms with Crippen molar-refractivity contribution in [3.05, 3.63) is 11.9 Å². The van der Waals surface area contributed by atoms with Gasteiger partial charge in [0.05, 0.1) is 12.2 Å². The quantitative estimate of drug-likeness (QED) is 0.834. The van der Waals surface area contributed by atoms with E-state index in [2.05, 4.69) is 15.6 Å². The van der Waals surface area contributed by atoms with Gasteiger partial charge in [0, 0.05) is 26.1 Å². The molecule has 0 atom stereocenters. The van der Waals surface area contributed by atoms with Crippen LogP contribution in [0.1, 0.15) is 42.7 Å². The van der Waals surface area contributed by atoms with Gasteiger partial charge in [-0.25, -0.2) is 4.68 Å². The lowest BCUT2D eigenvalue weighted by Crippen LogP contribution is -2.50. The minimum absolute atomic E-state index is 0.142. The van der Waals surface area contributed by atoms with E-state index in [9.17, 15) is 9.59 Å². The average Bonchev–Trinajstić information content (AvgIpc) is 3.11. The van der Waals surface area contributed by atoms with Gasteiger partial charge in [0.15, 0.2) is 5.69 Å². The summed E-state index contributed by atoms with van der Waals surface area (Å²) >= 11 is 0. The molecular weight excluding hydrogens is 258 g/mol. The number of hydrogen-bond acceptors (Lipinski definition) is 4. The van der Waals surface area contributed by atoms with E-state index in [1.165, 1.54) is 12.8 Å². The highest BCUT2D eigenvalue weighted by Crippen LogP contribution is 2.27. The standard InChI is InChI=1S/C13H19N5O2/c1-2-12(19)17-6-10(7-17)18-8-11(15-16-18)13(20)14-5-9-3-4-9/h8-10H,2-7H2,1H3,(H,14,20). The largest absolute Gasteiger partial charge is 0.350 e. The van der Waals surface area contributed by atoms with Gasteiger partial charge in [-0.1, -0.05) is 12.1 Å². The van der Waals surface area contributed by atoms with Crippen molar-refractivity contribution < 1.29 is 9.59 Å². The maximum absolute atomic E-state index is 11.8. The first-order valence-electron chi connectivity index (χ1n) is 7.15. The molecule has 2 fully saturated rings. The van der Waals surface area contributed by atoms with Crippen LogP contribution < -0.4 is 5.32 Å². The Morgan fingerprint density at radius 1 is 1.40 bits per heavy atom. The van der Waals surface area contributed by atoms with Crippen molar-refractivity contribution in [1.82, 2.24) is 25.2 Å². The molecule has 7 heteroatoms. The number of nitrogens with one attached hydrogen (secondary N) is 1. The summed E-state index contributed by atoms with van der Waals surface area (Å²) < 4.78 is 1.69. The summed E-state index contributed by atoms with van der Waals surface area (Å²) in [6.07, 6.45) is 4.60. The first-order valence-corrected chi connectivity index (χ1v) is 7.15. The van der Waals surface area contributed by atoms with E-state index in [1.54, 1.807) is 15.8 Å². The molecule has 1 aromatic rings. The van der Waals surface area contributed by atoms with Crippen LogP contribution in [0.4, 0.5) is 0 Å². The van der Waals surface area contributed by atoms with Crippen LogP contribution in [-0.4, -0.2) is 51.3 Å². The molecule has 1 saturated heterocycles. The predicted molar refractivity (Wildman–Crippen MR) is 71.0 cm³/mol. The summed E-state index contributed by atoms with van der Waals surface area (Å²) in [6, 6.07) is 0.142. The van der Waals surface area contributed by atoms with E-state index < -0.39 is 0 Å². The van der Waals surface area contributed by atoms with Crippen LogP contribution in [-0.2, 0) is 4.79 Å². The number of carbonyl (C=O) groups excluding carboxylic acids is 2. The zero-order valence-corrected chi connectivity index (χ0v) is 11.6. The normalized spacial score (nSPS) is 18.8. The van der Waals surface area contributed by atoms with E-state index in [4.69, 9.17) is 0 Å². The van der Waals surface area contributed by atoms with Gasteiger partial charge in [0.1, 0.15) is 0 Å². The van der Waals surface area contributed by atoms with Gasteiger partial charge in [-0.3, -0.25) is 9.59 Å². The predicted octanol–water partition coefficient (Wildman–Crippen LogP) is 0.211. The lowest BCUT2D eigenvalue weighted by Gasteiger charge is -2.38. The maximum atomic E-state index is 11.8. The van der Waals surface area contributed by atoms with Crippen molar-refractivity contribution in [2.75, 3.05) is 19.6 Å². The fraction of sp³-hybridized carbons (Fsp3) is 0.692. The Kier molecular flexibility index (Phi) is 3.42. The fourth-order valence-electron chi connectivity index (χ4n) is 2.26. The zero-order chi connectivity index (χ0) is 14.1. The van der Waals surface area contributed by atoms with Gasteiger partial charge >= 0.3 is 0 Å². The van der Waals surface area contributed by atoms with Crippen molar-refractivity contribution in [1.29, 1.82) is 0 Å². The Balaban J connectivity index is 1.52. The monoisotopic (exact) mass is 277 g/mol. The van der Waals surface area contributed by atoms with Gasteiger partial charge in [0.2, 0.25) is 5.91 Å². The Labute approximate surface area is 117 Å². The Bertz CT molecular complexity index is 517. The molecule has 0 aromatic carbocycles. The second kappa shape index (κ2) is 5.22. The molecule has 3 rings (SSSR count). The van der Waals surface area contributed by atoms with Gasteiger partial charge < -0.3 is 10.2 Å². The molecule has 7 nitrogen and oxygen atoms in total. The van der Waals surface area contributed by atoms with E-state index in [0.29, 0.717) is 31.1 Å². The molecule has 0 unspecified atom stereocenters. The number of likely N-dealkylation sites (tertiary alicyclic amines) is 1. The van der Waals surface area contributed by atoms with Crippen molar-refractivity contribution >= 4 is 11.8 Å². The van der Waals surface area contributed by atoms with Crippen LogP contribution in [0.3, 0.4) is 0 Å². The first kappa shape index (κ1) is 13.1. The zero-order valence-electron chi connectivity index (χ0n) is 11.6. The fourth-order valence-corrected chi connectivity index (χ4v) is 2.26. The lowest BCUT2D eigenvalue weighted by atomic mass is 10.1. The molecular formula is C13H19N5O2. The molecule has 1 N–H and O–H groups in total. The highest BCUT2D eigenvalue weighted by atomic mass is 16.2. The van der Waals surface area contributed by atoms with Gasteiger partial charge in [-0.2, -0.15) is 0 Å². The minimum Gasteiger partial charge on any atom is -0.350 e. The molecule has 1 saturated carbocycles. The molecule has 1 aliphatic carbocycles. The molecule has 1 aromatic heterocycles. The molecule has 108 valence electrons. The minimum atomic E-state index is -0.163. The number of rotatable bonds is 5. The number of amides is 2. The summed E-state index contributed by atoms with van der Waals surface area (Å²) in [7, 11) is 0. The number of nitrogens with zero attached hydrogens (tertiary/aromatic N) is 4. The molecule has 0 spiro atoms. The van der Waals surface area contributed by atoms with E-state index in [1.807, 2.05) is 6.92 Å². The summed E-state index contributed by atoms with van der Waals surface area (Å²) in [5.74, 6) is 0.641. The Morgan fingerprint density at radius 3 is 2.80 bits per heavy atom. The van der Waals surface area contributed by atoms with Crippen molar-refractivity contribution in [3.8, 4) is 0 Å². The van der Waals surface area contributed by atoms with Crippen LogP contribution >= 0.6 is 0 Å². The maximum Gasteiger partial charge on any atom is 0.273 e. The smallest absolute Gasteiger partial charge is 0.273 e. The van der Waals surface area contributed by atoms with Crippen LogP contribution in [0.25, 0.3) is 0 Å². The van der Waals surface area contributed by atoms with Crippen LogP contribution in [0.5, 0.6) is 0 Å². The number of hydrogen-bond donors (Lipinski definition) is 1. The van der Waals surface area contributed by atoms with E-state index >= 15 is 0 Å². The summed E-state index contributed by atoms with van der Waals surface area (Å²) in [6.45, 7) is 3.89. The molecule has 0 radical (unpaired) electrons.